The Morgan fingerprint density at radius 1 is 1.25 bits per heavy atom. The topological polar surface area (TPSA) is 139 Å². The molecule has 158 valence electrons. The van der Waals surface area contributed by atoms with Crippen molar-refractivity contribution in [3.8, 4) is 0 Å². The molecule has 0 aromatic carbocycles. The number of carbonyl (C=O) groups excluding carboxylic acids is 1. The molecule has 1 heterocycles. The fourth-order valence-electron chi connectivity index (χ4n) is 3.44. The first-order valence-electron chi connectivity index (χ1n) is 9.80. The SMILES string of the molecule is CC(C)S(=O)(=O)NC(=O)c1noc(C(CCCC2CCCCC2)CC(=O)O)n1. The summed E-state index contributed by atoms with van der Waals surface area (Å²) in [5, 5.41) is 11.9. The van der Waals surface area contributed by atoms with Crippen molar-refractivity contribution in [2.75, 3.05) is 0 Å². The molecule has 1 fully saturated rings. The van der Waals surface area contributed by atoms with Crippen molar-refractivity contribution in [2.24, 2.45) is 5.92 Å². The van der Waals surface area contributed by atoms with Crippen LogP contribution < -0.4 is 4.72 Å². The molecule has 1 saturated carbocycles. The van der Waals surface area contributed by atoms with Crippen LogP contribution in [-0.4, -0.2) is 40.8 Å². The monoisotopic (exact) mass is 415 g/mol. The van der Waals surface area contributed by atoms with E-state index in [9.17, 15) is 23.1 Å². The van der Waals surface area contributed by atoms with Crippen molar-refractivity contribution in [1.82, 2.24) is 14.9 Å². The van der Waals surface area contributed by atoms with E-state index in [1.165, 1.54) is 46.0 Å². The fourth-order valence-corrected chi connectivity index (χ4v) is 4.02. The van der Waals surface area contributed by atoms with Gasteiger partial charge in [0.1, 0.15) is 0 Å². The third-order valence-corrected chi connectivity index (χ3v) is 6.87. The molecule has 1 aromatic rings. The number of nitrogens with zero attached hydrogens (tertiary/aromatic N) is 2. The summed E-state index contributed by atoms with van der Waals surface area (Å²) in [6.07, 6.45) is 8.50. The van der Waals surface area contributed by atoms with Crippen LogP contribution in [0.5, 0.6) is 0 Å². The van der Waals surface area contributed by atoms with Crippen LogP contribution in [0.25, 0.3) is 0 Å². The minimum Gasteiger partial charge on any atom is -0.481 e. The molecular weight excluding hydrogens is 386 g/mol. The van der Waals surface area contributed by atoms with Crippen LogP contribution >= 0.6 is 0 Å². The minimum absolute atomic E-state index is 0.0538. The van der Waals surface area contributed by atoms with E-state index in [1.807, 2.05) is 4.72 Å². The summed E-state index contributed by atoms with van der Waals surface area (Å²) in [7, 11) is -3.82. The number of aliphatic carboxylic acids is 1. The van der Waals surface area contributed by atoms with Crippen LogP contribution in [0.15, 0.2) is 4.52 Å². The number of hydrogen-bond acceptors (Lipinski definition) is 7. The van der Waals surface area contributed by atoms with Crippen molar-refractivity contribution in [3.63, 3.8) is 0 Å². The van der Waals surface area contributed by atoms with Gasteiger partial charge in [0.25, 0.3) is 5.82 Å². The van der Waals surface area contributed by atoms with Crippen LogP contribution in [0.3, 0.4) is 0 Å². The van der Waals surface area contributed by atoms with E-state index in [-0.39, 0.29) is 12.3 Å². The van der Waals surface area contributed by atoms with Gasteiger partial charge in [-0.05, 0) is 26.2 Å². The van der Waals surface area contributed by atoms with Crippen molar-refractivity contribution in [3.05, 3.63) is 11.7 Å². The quantitative estimate of drug-likeness (QED) is 0.594. The summed E-state index contributed by atoms with van der Waals surface area (Å²) in [6.45, 7) is 2.87. The Balaban J connectivity index is 1.99. The molecule has 9 nitrogen and oxygen atoms in total. The predicted octanol–water partition coefficient (Wildman–Crippen LogP) is 2.85. The van der Waals surface area contributed by atoms with E-state index in [2.05, 4.69) is 10.1 Å². The summed E-state index contributed by atoms with van der Waals surface area (Å²) in [5.74, 6) is -2.16. The summed E-state index contributed by atoms with van der Waals surface area (Å²) < 4.78 is 30.6. The van der Waals surface area contributed by atoms with Gasteiger partial charge in [-0.25, -0.2) is 13.1 Å². The first-order valence-corrected chi connectivity index (χ1v) is 11.3. The second-order valence-corrected chi connectivity index (χ2v) is 9.95. The maximum Gasteiger partial charge on any atom is 0.306 e. The molecule has 0 aliphatic heterocycles. The molecule has 10 heteroatoms. The third kappa shape index (κ3) is 6.57. The third-order valence-electron chi connectivity index (χ3n) is 5.16. The van der Waals surface area contributed by atoms with Crippen molar-refractivity contribution in [1.29, 1.82) is 0 Å². The highest BCUT2D eigenvalue weighted by Gasteiger charge is 2.27. The van der Waals surface area contributed by atoms with Crippen molar-refractivity contribution < 1.29 is 27.6 Å². The van der Waals surface area contributed by atoms with Crippen LogP contribution in [-0.2, 0) is 14.8 Å². The number of hydrogen-bond donors (Lipinski definition) is 2. The number of rotatable bonds is 10. The second kappa shape index (κ2) is 9.99. The molecular formula is C18H29N3O6S. The first-order chi connectivity index (χ1) is 13.2. The van der Waals surface area contributed by atoms with Gasteiger partial charge in [-0.1, -0.05) is 50.1 Å². The van der Waals surface area contributed by atoms with E-state index < -0.39 is 38.9 Å². The molecule has 1 aliphatic rings. The number of sulfonamides is 1. The van der Waals surface area contributed by atoms with E-state index in [4.69, 9.17) is 4.52 Å². The normalized spacial score (nSPS) is 16.8. The highest BCUT2D eigenvalue weighted by atomic mass is 32.2. The summed E-state index contributed by atoms with van der Waals surface area (Å²) in [4.78, 5) is 27.2. The van der Waals surface area contributed by atoms with Crippen LogP contribution in [0, 0.1) is 5.92 Å². The van der Waals surface area contributed by atoms with Gasteiger partial charge in [0.05, 0.1) is 11.7 Å². The lowest BCUT2D eigenvalue weighted by Crippen LogP contribution is -2.36. The lowest BCUT2D eigenvalue weighted by molar-refractivity contribution is -0.137. The van der Waals surface area contributed by atoms with E-state index in [0.29, 0.717) is 12.3 Å². The zero-order chi connectivity index (χ0) is 20.7. The Hall–Kier alpha value is -1.97. The largest absolute Gasteiger partial charge is 0.481 e. The number of carboxylic acid groups (broad SMARTS) is 1. The van der Waals surface area contributed by atoms with Gasteiger partial charge in [0, 0.05) is 5.92 Å². The Labute approximate surface area is 165 Å². The Bertz CT molecular complexity index is 768. The molecule has 2 N–H and O–H groups in total. The predicted molar refractivity (Wildman–Crippen MR) is 101 cm³/mol. The standard InChI is InChI=1S/C18H29N3O6S/c1-12(2)28(25,26)21-17(24)16-19-18(27-20-16)14(11-15(22)23)10-6-9-13-7-4-3-5-8-13/h12-14H,3-11H2,1-2H3,(H,21,24)(H,22,23). The molecule has 0 saturated heterocycles. The van der Waals surface area contributed by atoms with E-state index >= 15 is 0 Å². The van der Waals surface area contributed by atoms with Crippen LogP contribution in [0.4, 0.5) is 0 Å². The smallest absolute Gasteiger partial charge is 0.306 e. The number of carboxylic acids is 1. The Kier molecular flexibility index (Phi) is 7.97. The molecule has 1 atom stereocenters. The Morgan fingerprint density at radius 2 is 1.93 bits per heavy atom. The summed E-state index contributed by atoms with van der Waals surface area (Å²) >= 11 is 0. The van der Waals surface area contributed by atoms with Crippen molar-refractivity contribution >= 4 is 21.9 Å². The van der Waals surface area contributed by atoms with Gasteiger partial charge >= 0.3 is 11.9 Å². The van der Waals surface area contributed by atoms with Crippen LogP contribution in [0.2, 0.25) is 0 Å². The summed E-state index contributed by atoms with van der Waals surface area (Å²) in [6, 6.07) is 0. The van der Waals surface area contributed by atoms with Crippen LogP contribution in [0.1, 0.15) is 94.1 Å². The van der Waals surface area contributed by atoms with Crippen molar-refractivity contribution in [2.45, 2.75) is 82.8 Å². The average Bonchev–Trinajstić information content (AvgIpc) is 3.11. The van der Waals surface area contributed by atoms with Gasteiger partial charge in [-0.2, -0.15) is 4.98 Å². The van der Waals surface area contributed by atoms with Gasteiger partial charge in [-0.15, -0.1) is 0 Å². The first kappa shape index (κ1) is 22.3. The van der Waals surface area contributed by atoms with Gasteiger partial charge in [0.15, 0.2) is 0 Å². The zero-order valence-electron chi connectivity index (χ0n) is 16.4. The number of aromatic nitrogens is 2. The van der Waals surface area contributed by atoms with Gasteiger partial charge < -0.3 is 9.63 Å². The molecule has 1 aliphatic carbocycles. The molecule has 1 amide bonds. The molecule has 0 spiro atoms. The lowest BCUT2D eigenvalue weighted by Gasteiger charge is -2.21. The number of carbonyl (C=O) groups is 2. The average molecular weight is 416 g/mol. The minimum atomic E-state index is -3.82. The lowest BCUT2D eigenvalue weighted by atomic mass is 9.84. The highest BCUT2D eigenvalue weighted by Crippen LogP contribution is 2.31. The maximum absolute atomic E-state index is 12.1. The molecule has 1 aromatic heterocycles. The molecule has 28 heavy (non-hydrogen) atoms. The maximum atomic E-state index is 12.1. The zero-order valence-corrected chi connectivity index (χ0v) is 17.2. The van der Waals surface area contributed by atoms with Gasteiger partial charge in [0.2, 0.25) is 15.9 Å². The number of amides is 1. The summed E-state index contributed by atoms with van der Waals surface area (Å²) in [5.41, 5.74) is 0. The second-order valence-electron chi connectivity index (χ2n) is 7.71. The molecule has 1 unspecified atom stereocenters. The molecule has 0 bridgehead atoms. The van der Waals surface area contributed by atoms with E-state index in [0.717, 1.165) is 12.8 Å². The number of nitrogens with one attached hydrogen (secondary N) is 1. The van der Waals surface area contributed by atoms with Gasteiger partial charge in [-0.3, -0.25) is 9.59 Å². The molecule has 0 radical (unpaired) electrons. The fraction of sp³-hybridized carbons (Fsp3) is 0.778. The highest BCUT2D eigenvalue weighted by molar-refractivity contribution is 7.90. The van der Waals surface area contributed by atoms with E-state index in [1.54, 1.807) is 0 Å². The Morgan fingerprint density at radius 3 is 2.54 bits per heavy atom. The molecule has 2 rings (SSSR count).